The second-order valence-electron chi connectivity index (χ2n) is 5.16. The molecule has 1 N–H and O–H groups in total. The van der Waals surface area contributed by atoms with Crippen LogP contribution in [0, 0.1) is 0 Å². The molecule has 0 saturated carbocycles. The number of hydrogen-bond donors (Lipinski definition) is 1. The van der Waals surface area contributed by atoms with Crippen LogP contribution in [-0.2, 0) is 12.0 Å². The van der Waals surface area contributed by atoms with Crippen molar-refractivity contribution >= 4 is 28.3 Å². The highest BCUT2D eigenvalue weighted by Crippen LogP contribution is 2.23. The maximum absolute atomic E-state index is 5.94. The lowest BCUT2D eigenvalue weighted by Gasteiger charge is -2.12. The first-order valence-electron chi connectivity index (χ1n) is 5.77. The minimum atomic E-state index is -0.00746. The Bertz CT molecular complexity index is 531. The van der Waals surface area contributed by atoms with E-state index in [-0.39, 0.29) is 5.41 Å². The fourth-order valence-electron chi connectivity index (χ4n) is 1.42. The van der Waals surface area contributed by atoms with E-state index in [0.29, 0.717) is 6.54 Å². The predicted octanol–water partition coefficient (Wildman–Crippen LogP) is 4.10. The van der Waals surface area contributed by atoms with Crippen LogP contribution < -0.4 is 5.32 Å². The van der Waals surface area contributed by atoms with Gasteiger partial charge in [-0.25, -0.2) is 4.98 Å². The molecule has 1 heterocycles. The standard InChI is InChI=1S/C13H16ClN3S/c1-13(2,3)11-16-12(18-17-11)15-8-9-5-4-6-10(14)7-9/h4-7H,8H2,1-3H3,(H,15,16,17). The number of rotatable bonds is 3. The number of hydrogen-bond acceptors (Lipinski definition) is 4. The molecule has 0 aliphatic rings. The van der Waals surface area contributed by atoms with E-state index in [0.717, 1.165) is 21.5 Å². The number of benzene rings is 1. The van der Waals surface area contributed by atoms with Crippen LogP contribution in [0.5, 0.6) is 0 Å². The van der Waals surface area contributed by atoms with Crippen molar-refractivity contribution in [1.82, 2.24) is 9.36 Å². The summed E-state index contributed by atoms with van der Waals surface area (Å²) in [5.74, 6) is 0.876. The van der Waals surface area contributed by atoms with E-state index >= 15 is 0 Å². The normalized spacial score (nSPS) is 11.6. The van der Waals surface area contributed by atoms with Gasteiger partial charge in [-0.1, -0.05) is 44.5 Å². The zero-order valence-corrected chi connectivity index (χ0v) is 12.3. The van der Waals surface area contributed by atoms with Gasteiger partial charge in [0.15, 0.2) is 0 Å². The fourth-order valence-corrected chi connectivity index (χ4v) is 2.39. The molecule has 0 unspecified atom stereocenters. The van der Waals surface area contributed by atoms with E-state index in [4.69, 9.17) is 11.6 Å². The van der Waals surface area contributed by atoms with Gasteiger partial charge < -0.3 is 5.32 Å². The van der Waals surface area contributed by atoms with Gasteiger partial charge in [0, 0.05) is 28.5 Å². The minimum absolute atomic E-state index is 0.00746. The third kappa shape index (κ3) is 3.43. The lowest BCUT2D eigenvalue weighted by Crippen LogP contribution is -2.13. The Hall–Kier alpha value is -1.13. The Morgan fingerprint density at radius 2 is 2.11 bits per heavy atom. The highest BCUT2D eigenvalue weighted by Gasteiger charge is 2.19. The molecule has 1 aromatic heterocycles. The van der Waals surface area contributed by atoms with Crippen LogP contribution in [0.15, 0.2) is 24.3 Å². The summed E-state index contributed by atoms with van der Waals surface area (Å²) in [4.78, 5) is 4.48. The van der Waals surface area contributed by atoms with Crippen LogP contribution in [0.25, 0.3) is 0 Å². The van der Waals surface area contributed by atoms with Crippen LogP contribution in [-0.4, -0.2) is 9.36 Å². The van der Waals surface area contributed by atoms with Crippen LogP contribution in [0.1, 0.15) is 32.2 Å². The van der Waals surface area contributed by atoms with E-state index in [1.54, 1.807) is 0 Å². The predicted molar refractivity (Wildman–Crippen MR) is 77.4 cm³/mol. The van der Waals surface area contributed by atoms with E-state index in [1.165, 1.54) is 11.5 Å². The molecule has 2 aromatic rings. The van der Waals surface area contributed by atoms with Crippen molar-refractivity contribution < 1.29 is 0 Å². The van der Waals surface area contributed by atoms with Gasteiger partial charge in [0.1, 0.15) is 5.82 Å². The molecule has 5 heteroatoms. The number of halogens is 1. The van der Waals surface area contributed by atoms with Crippen LogP contribution in [0.4, 0.5) is 5.13 Å². The summed E-state index contributed by atoms with van der Waals surface area (Å²) >= 11 is 7.33. The Balaban J connectivity index is 2.01. The molecular weight excluding hydrogens is 266 g/mol. The first-order chi connectivity index (χ1) is 8.45. The van der Waals surface area contributed by atoms with Gasteiger partial charge in [-0.05, 0) is 17.7 Å². The smallest absolute Gasteiger partial charge is 0.202 e. The Morgan fingerprint density at radius 1 is 1.33 bits per heavy atom. The topological polar surface area (TPSA) is 37.8 Å². The zero-order valence-electron chi connectivity index (χ0n) is 10.7. The number of nitrogens with zero attached hydrogens (tertiary/aromatic N) is 2. The summed E-state index contributed by atoms with van der Waals surface area (Å²) in [6.45, 7) is 7.03. The van der Waals surface area contributed by atoms with Gasteiger partial charge in [-0.15, -0.1) is 0 Å². The summed E-state index contributed by atoms with van der Waals surface area (Å²) < 4.78 is 4.36. The first kappa shape index (κ1) is 13.3. The monoisotopic (exact) mass is 281 g/mol. The van der Waals surface area contributed by atoms with Crippen molar-refractivity contribution in [1.29, 1.82) is 0 Å². The van der Waals surface area contributed by atoms with Gasteiger partial charge in [-0.2, -0.15) is 4.37 Å². The van der Waals surface area contributed by atoms with Crippen molar-refractivity contribution in [2.45, 2.75) is 32.7 Å². The van der Waals surface area contributed by atoms with Gasteiger partial charge in [-0.3, -0.25) is 0 Å². The van der Waals surface area contributed by atoms with Gasteiger partial charge in [0.2, 0.25) is 5.13 Å². The first-order valence-corrected chi connectivity index (χ1v) is 6.93. The second-order valence-corrected chi connectivity index (χ2v) is 6.34. The summed E-state index contributed by atoms with van der Waals surface area (Å²) in [7, 11) is 0. The van der Waals surface area contributed by atoms with E-state index in [9.17, 15) is 0 Å². The zero-order chi connectivity index (χ0) is 13.2. The SMILES string of the molecule is CC(C)(C)c1nsc(NCc2cccc(Cl)c2)n1. The lowest BCUT2D eigenvalue weighted by molar-refractivity contribution is 0.555. The Kier molecular flexibility index (Phi) is 3.88. The number of anilines is 1. The van der Waals surface area contributed by atoms with Crippen LogP contribution in [0.2, 0.25) is 5.02 Å². The molecule has 2 rings (SSSR count). The molecule has 3 nitrogen and oxygen atoms in total. The van der Waals surface area contributed by atoms with Crippen molar-refractivity contribution in [3.63, 3.8) is 0 Å². The fraction of sp³-hybridized carbons (Fsp3) is 0.385. The van der Waals surface area contributed by atoms with Gasteiger partial charge in [0.05, 0.1) is 0 Å². The summed E-state index contributed by atoms with van der Waals surface area (Å²) in [6.07, 6.45) is 0. The number of nitrogens with one attached hydrogen (secondary N) is 1. The molecule has 0 fully saturated rings. The van der Waals surface area contributed by atoms with E-state index in [1.807, 2.05) is 24.3 Å². The Morgan fingerprint density at radius 3 is 2.72 bits per heavy atom. The van der Waals surface area contributed by atoms with Gasteiger partial charge >= 0.3 is 0 Å². The molecule has 0 aliphatic heterocycles. The summed E-state index contributed by atoms with van der Waals surface area (Å²) in [6, 6.07) is 7.79. The van der Waals surface area contributed by atoms with Gasteiger partial charge in [0.25, 0.3) is 0 Å². The molecule has 1 aromatic carbocycles. The number of aromatic nitrogens is 2. The van der Waals surface area contributed by atoms with Crippen molar-refractivity contribution in [2.75, 3.05) is 5.32 Å². The lowest BCUT2D eigenvalue weighted by atomic mass is 9.96. The van der Waals surface area contributed by atoms with Crippen molar-refractivity contribution in [3.05, 3.63) is 40.7 Å². The summed E-state index contributed by atoms with van der Waals surface area (Å²) in [5.41, 5.74) is 1.13. The molecule has 0 spiro atoms. The Labute approximate surface area is 116 Å². The minimum Gasteiger partial charge on any atom is -0.356 e. The van der Waals surface area contributed by atoms with Crippen LogP contribution >= 0.6 is 23.1 Å². The maximum atomic E-state index is 5.94. The van der Waals surface area contributed by atoms with E-state index < -0.39 is 0 Å². The molecular formula is C13H16ClN3S. The molecule has 0 amide bonds. The molecule has 0 radical (unpaired) electrons. The molecule has 0 aliphatic carbocycles. The molecule has 0 saturated heterocycles. The van der Waals surface area contributed by atoms with Crippen LogP contribution in [0.3, 0.4) is 0 Å². The molecule has 96 valence electrons. The highest BCUT2D eigenvalue weighted by atomic mass is 35.5. The quantitative estimate of drug-likeness (QED) is 0.920. The third-order valence-electron chi connectivity index (χ3n) is 2.43. The van der Waals surface area contributed by atoms with Crippen molar-refractivity contribution in [2.24, 2.45) is 0 Å². The third-order valence-corrected chi connectivity index (χ3v) is 3.34. The maximum Gasteiger partial charge on any atom is 0.202 e. The molecule has 18 heavy (non-hydrogen) atoms. The molecule has 0 atom stereocenters. The average Bonchev–Trinajstić information content (AvgIpc) is 2.74. The van der Waals surface area contributed by atoms with Crippen molar-refractivity contribution in [3.8, 4) is 0 Å². The van der Waals surface area contributed by atoms with E-state index in [2.05, 4.69) is 35.4 Å². The second kappa shape index (κ2) is 5.24. The summed E-state index contributed by atoms with van der Waals surface area (Å²) in [5, 5.41) is 4.87. The highest BCUT2D eigenvalue weighted by molar-refractivity contribution is 7.09. The molecule has 0 bridgehead atoms. The average molecular weight is 282 g/mol. The largest absolute Gasteiger partial charge is 0.356 e.